The van der Waals surface area contributed by atoms with E-state index in [-0.39, 0.29) is 6.10 Å². The number of hydrogen-bond acceptors (Lipinski definition) is 3. The second-order valence-corrected chi connectivity index (χ2v) is 5.65. The summed E-state index contributed by atoms with van der Waals surface area (Å²) >= 11 is 0. The third kappa shape index (κ3) is 2.76. The van der Waals surface area contributed by atoms with E-state index >= 15 is 0 Å². The number of rotatable bonds is 2. The molecule has 2 rings (SSSR count). The Hall–Kier alpha value is -0.120. The van der Waals surface area contributed by atoms with E-state index in [1.54, 1.807) is 0 Å². The zero-order valence-corrected chi connectivity index (χ0v) is 10.4. The Bertz CT molecular complexity index is 214. The van der Waals surface area contributed by atoms with Crippen LogP contribution in [0.2, 0.25) is 0 Å². The van der Waals surface area contributed by atoms with Crippen LogP contribution in [0, 0.1) is 0 Å². The molecular formula is C13H26N2O. The minimum Gasteiger partial charge on any atom is -0.391 e. The van der Waals surface area contributed by atoms with Gasteiger partial charge in [0.1, 0.15) is 0 Å². The van der Waals surface area contributed by atoms with E-state index in [0.29, 0.717) is 18.1 Å². The van der Waals surface area contributed by atoms with Crippen molar-refractivity contribution in [1.29, 1.82) is 0 Å². The van der Waals surface area contributed by atoms with Crippen LogP contribution in [0.4, 0.5) is 0 Å². The van der Waals surface area contributed by atoms with E-state index in [2.05, 4.69) is 11.9 Å². The fourth-order valence-electron chi connectivity index (χ4n) is 3.35. The van der Waals surface area contributed by atoms with E-state index in [1.807, 2.05) is 0 Å². The molecule has 0 heterocycles. The minimum absolute atomic E-state index is 0.102. The van der Waals surface area contributed by atoms with Gasteiger partial charge in [-0.2, -0.15) is 0 Å². The predicted octanol–water partition coefficient (Wildman–Crippen LogP) is 1.49. The van der Waals surface area contributed by atoms with Crippen LogP contribution in [-0.4, -0.2) is 41.3 Å². The lowest BCUT2D eigenvalue weighted by Gasteiger charge is -2.42. The lowest BCUT2D eigenvalue weighted by Crippen LogP contribution is -2.50. The Morgan fingerprint density at radius 3 is 2.25 bits per heavy atom. The normalized spacial score (nSPS) is 41.2. The van der Waals surface area contributed by atoms with Gasteiger partial charge in [0.25, 0.3) is 0 Å². The first-order valence-electron chi connectivity index (χ1n) is 6.84. The van der Waals surface area contributed by atoms with Gasteiger partial charge in [-0.3, -0.25) is 4.90 Å². The molecule has 3 nitrogen and oxygen atoms in total. The number of nitrogens with two attached hydrogens (primary N) is 1. The number of likely N-dealkylation sites (N-methyl/N-ethyl adjacent to an activating group) is 1. The van der Waals surface area contributed by atoms with Gasteiger partial charge in [-0.1, -0.05) is 12.8 Å². The summed E-state index contributed by atoms with van der Waals surface area (Å²) in [4.78, 5) is 2.44. The average molecular weight is 226 g/mol. The van der Waals surface area contributed by atoms with Crippen LogP contribution in [-0.2, 0) is 0 Å². The van der Waals surface area contributed by atoms with Crippen LogP contribution in [0.25, 0.3) is 0 Å². The SMILES string of the molecule is CN(C1CCC(N)CC1)C1CCCCC1O. The van der Waals surface area contributed by atoms with Gasteiger partial charge in [0.05, 0.1) is 6.10 Å². The van der Waals surface area contributed by atoms with Gasteiger partial charge in [-0.05, 0) is 45.6 Å². The third-order valence-electron chi connectivity index (χ3n) is 4.53. The van der Waals surface area contributed by atoms with E-state index in [0.717, 1.165) is 19.3 Å². The summed E-state index contributed by atoms with van der Waals surface area (Å²) in [5, 5.41) is 10.1. The van der Waals surface area contributed by atoms with Gasteiger partial charge >= 0.3 is 0 Å². The molecule has 0 amide bonds. The molecule has 2 saturated carbocycles. The fourth-order valence-corrected chi connectivity index (χ4v) is 3.35. The van der Waals surface area contributed by atoms with Gasteiger partial charge in [0.15, 0.2) is 0 Å². The highest BCUT2D eigenvalue weighted by Gasteiger charge is 2.32. The van der Waals surface area contributed by atoms with Gasteiger partial charge in [-0.15, -0.1) is 0 Å². The van der Waals surface area contributed by atoms with Gasteiger partial charge in [0, 0.05) is 18.1 Å². The molecule has 2 fully saturated rings. The standard InChI is InChI=1S/C13H26N2O/c1-15(11-8-6-10(14)7-9-11)12-4-2-3-5-13(12)16/h10-13,16H,2-9,14H2,1H3. The first-order valence-corrected chi connectivity index (χ1v) is 6.84. The molecule has 2 aliphatic rings. The smallest absolute Gasteiger partial charge is 0.0695 e. The van der Waals surface area contributed by atoms with E-state index in [9.17, 15) is 5.11 Å². The number of nitrogens with zero attached hydrogens (tertiary/aromatic N) is 1. The maximum absolute atomic E-state index is 10.1. The highest BCUT2D eigenvalue weighted by Crippen LogP contribution is 2.28. The largest absolute Gasteiger partial charge is 0.391 e. The Balaban J connectivity index is 1.88. The maximum Gasteiger partial charge on any atom is 0.0695 e. The van der Waals surface area contributed by atoms with Crippen LogP contribution in [0.3, 0.4) is 0 Å². The summed E-state index contributed by atoms with van der Waals surface area (Å²) in [5.41, 5.74) is 5.93. The molecule has 94 valence electrons. The lowest BCUT2D eigenvalue weighted by atomic mass is 9.86. The first-order chi connectivity index (χ1) is 7.68. The molecule has 0 aromatic heterocycles. The second kappa shape index (κ2) is 5.48. The van der Waals surface area contributed by atoms with Crippen LogP contribution in [0.15, 0.2) is 0 Å². The summed E-state index contributed by atoms with van der Waals surface area (Å²) in [5.74, 6) is 0. The van der Waals surface area contributed by atoms with Crippen LogP contribution >= 0.6 is 0 Å². The molecule has 0 radical (unpaired) electrons. The zero-order chi connectivity index (χ0) is 11.5. The van der Waals surface area contributed by atoms with Crippen molar-refractivity contribution < 1.29 is 5.11 Å². The molecule has 3 heteroatoms. The molecule has 0 spiro atoms. The van der Waals surface area contributed by atoms with Crippen LogP contribution in [0.1, 0.15) is 51.4 Å². The van der Waals surface area contributed by atoms with Crippen molar-refractivity contribution in [2.75, 3.05) is 7.05 Å². The van der Waals surface area contributed by atoms with Crippen molar-refractivity contribution in [2.24, 2.45) is 5.73 Å². The summed E-state index contributed by atoms with van der Waals surface area (Å²) in [6.07, 6.45) is 9.24. The highest BCUT2D eigenvalue weighted by molar-refractivity contribution is 4.88. The van der Waals surface area contributed by atoms with Crippen molar-refractivity contribution in [2.45, 2.75) is 75.6 Å². The Labute approximate surface area is 99.0 Å². The molecule has 0 saturated heterocycles. The summed E-state index contributed by atoms with van der Waals surface area (Å²) in [6.45, 7) is 0. The second-order valence-electron chi connectivity index (χ2n) is 5.65. The van der Waals surface area contributed by atoms with Crippen molar-refractivity contribution in [3.63, 3.8) is 0 Å². The zero-order valence-electron chi connectivity index (χ0n) is 10.4. The van der Waals surface area contributed by atoms with Crippen LogP contribution < -0.4 is 5.73 Å². The van der Waals surface area contributed by atoms with Crippen LogP contribution in [0.5, 0.6) is 0 Å². The molecule has 2 aliphatic carbocycles. The minimum atomic E-state index is -0.102. The lowest BCUT2D eigenvalue weighted by molar-refractivity contribution is 0.00406. The molecule has 0 aromatic carbocycles. The summed E-state index contributed by atoms with van der Waals surface area (Å²) in [7, 11) is 2.20. The van der Waals surface area contributed by atoms with E-state index in [1.165, 1.54) is 32.1 Å². The summed E-state index contributed by atoms with van der Waals surface area (Å²) in [6, 6.07) is 1.46. The molecule has 0 aliphatic heterocycles. The molecular weight excluding hydrogens is 200 g/mol. The monoisotopic (exact) mass is 226 g/mol. The topological polar surface area (TPSA) is 49.5 Å². The molecule has 2 unspecified atom stereocenters. The van der Waals surface area contributed by atoms with Gasteiger partial charge in [0.2, 0.25) is 0 Å². The average Bonchev–Trinajstić information content (AvgIpc) is 2.30. The first kappa shape index (κ1) is 12.3. The fraction of sp³-hybridized carbons (Fsp3) is 1.00. The quantitative estimate of drug-likeness (QED) is 0.750. The number of hydrogen-bond donors (Lipinski definition) is 2. The van der Waals surface area contributed by atoms with Crippen molar-refractivity contribution >= 4 is 0 Å². The van der Waals surface area contributed by atoms with Crippen molar-refractivity contribution in [3.8, 4) is 0 Å². The van der Waals surface area contributed by atoms with E-state index in [4.69, 9.17) is 5.73 Å². The van der Waals surface area contributed by atoms with Crippen molar-refractivity contribution in [3.05, 3.63) is 0 Å². The van der Waals surface area contributed by atoms with E-state index < -0.39 is 0 Å². The predicted molar refractivity (Wildman–Crippen MR) is 66.3 cm³/mol. The molecule has 0 bridgehead atoms. The Morgan fingerprint density at radius 1 is 1.00 bits per heavy atom. The van der Waals surface area contributed by atoms with Gasteiger partial charge < -0.3 is 10.8 Å². The number of aliphatic hydroxyl groups excluding tert-OH is 1. The molecule has 16 heavy (non-hydrogen) atoms. The molecule has 2 atom stereocenters. The molecule has 3 N–H and O–H groups in total. The summed E-state index contributed by atoms with van der Waals surface area (Å²) < 4.78 is 0. The Morgan fingerprint density at radius 2 is 1.62 bits per heavy atom. The molecule has 0 aromatic rings. The maximum atomic E-state index is 10.1. The number of aliphatic hydroxyl groups is 1. The third-order valence-corrected chi connectivity index (χ3v) is 4.53. The Kier molecular flexibility index (Phi) is 4.22. The van der Waals surface area contributed by atoms with Gasteiger partial charge in [-0.25, -0.2) is 0 Å². The van der Waals surface area contributed by atoms with Crippen molar-refractivity contribution in [1.82, 2.24) is 4.90 Å². The highest BCUT2D eigenvalue weighted by atomic mass is 16.3.